The molecule has 1 atom stereocenters. The van der Waals surface area contributed by atoms with Gasteiger partial charge < -0.3 is 5.32 Å². The lowest BCUT2D eigenvalue weighted by Gasteiger charge is -2.16. The SMILES string of the molecule is CCCNC(c1csc(C)c1)c1nn(C)c2ccccc12. The van der Waals surface area contributed by atoms with E-state index in [1.165, 1.54) is 21.3 Å². The molecule has 3 rings (SSSR count). The molecule has 0 saturated carbocycles. The average Bonchev–Trinajstić information content (AvgIpc) is 3.05. The monoisotopic (exact) mass is 299 g/mol. The van der Waals surface area contributed by atoms with E-state index < -0.39 is 0 Å². The second kappa shape index (κ2) is 6.00. The Morgan fingerprint density at radius 1 is 1.33 bits per heavy atom. The number of hydrogen-bond acceptors (Lipinski definition) is 3. The molecular weight excluding hydrogens is 278 g/mol. The molecule has 0 spiro atoms. The van der Waals surface area contributed by atoms with Crippen molar-refractivity contribution in [3.05, 3.63) is 51.8 Å². The Hall–Kier alpha value is -1.65. The van der Waals surface area contributed by atoms with E-state index in [-0.39, 0.29) is 6.04 Å². The highest BCUT2D eigenvalue weighted by molar-refractivity contribution is 7.10. The summed E-state index contributed by atoms with van der Waals surface area (Å²) in [6.07, 6.45) is 1.12. The summed E-state index contributed by atoms with van der Waals surface area (Å²) in [5, 5.41) is 11.9. The number of aryl methyl sites for hydroxylation is 2. The van der Waals surface area contributed by atoms with Crippen molar-refractivity contribution in [2.24, 2.45) is 7.05 Å². The topological polar surface area (TPSA) is 29.9 Å². The van der Waals surface area contributed by atoms with Crippen molar-refractivity contribution in [1.29, 1.82) is 0 Å². The normalized spacial score (nSPS) is 12.9. The van der Waals surface area contributed by atoms with Gasteiger partial charge in [0.05, 0.1) is 17.3 Å². The number of nitrogens with one attached hydrogen (secondary N) is 1. The number of benzene rings is 1. The van der Waals surface area contributed by atoms with Crippen molar-refractivity contribution in [2.45, 2.75) is 26.3 Å². The second-order valence-corrected chi connectivity index (χ2v) is 6.52. The number of hydrogen-bond donors (Lipinski definition) is 1. The van der Waals surface area contributed by atoms with Crippen LogP contribution in [0.15, 0.2) is 35.7 Å². The average molecular weight is 299 g/mol. The molecule has 0 amide bonds. The minimum atomic E-state index is 0.168. The van der Waals surface area contributed by atoms with E-state index in [1.807, 2.05) is 11.7 Å². The van der Waals surface area contributed by atoms with E-state index in [9.17, 15) is 0 Å². The van der Waals surface area contributed by atoms with Crippen LogP contribution >= 0.6 is 11.3 Å². The van der Waals surface area contributed by atoms with Crippen molar-refractivity contribution < 1.29 is 0 Å². The molecule has 4 heteroatoms. The van der Waals surface area contributed by atoms with Crippen LogP contribution in [0, 0.1) is 6.92 Å². The molecule has 0 bridgehead atoms. The lowest BCUT2D eigenvalue weighted by Crippen LogP contribution is -2.23. The molecule has 3 aromatic rings. The highest BCUT2D eigenvalue weighted by Gasteiger charge is 2.20. The number of nitrogens with zero attached hydrogens (tertiary/aromatic N) is 2. The van der Waals surface area contributed by atoms with E-state index >= 15 is 0 Å². The molecule has 0 aliphatic rings. The van der Waals surface area contributed by atoms with Gasteiger partial charge >= 0.3 is 0 Å². The molecule has 0 saturated heterocycles. The van der Waals surface area contributed by atoms with Crippen molar-refractivity contribution in [1.82, 2.24) is 15.1 Å². The fraction of sp³-hybridized carbons (Fsp3) is 0.353. The van der Waals surface area contributed by atoms with Gasteiger partial charge in [0.25, 0.3) is 0 Å². The van der Waals surface area contributed by atoms with Crippen LogP contribution in [0.2, 0.25) is 0 Å². The first kappa shape index (κ1) is 14.3. The molecule has 2 heterocycles. The van der Waals surface area contributed by atoms with Crippen LogP contribution in [-0.2, 0) is 7.05 Å². The zero-order valence-corrected chi connectivity index (χ0v) is 13.6. The van der Waals surface area contributed by atoms with Gasteiger partial charge in [0.2, 0.25) is 0 Å². The van der Waals surface area contributed by atoms with Crippen LogP contribution in [-0.4, -0.2) is 16.3 Å². The molecule has 2 aromatic heterocycles. The third-order valence-electron chi connectivity index (χ3n) is 3.74. The van der Waals surface area contributed by atoms with Crippen LogP contribution < -0.4 is 5.32 Å². The van der Waals surface area contributed by atoms with Crippen LogP contribution in [0.4, 0.5) is 0 Å². The first-order valence-electron chi connectivity index (χ1n) is 7.40. The minimum absolute atomic E-state index is 0.168. The highest BCUT2D eigenvalue weighted by atomic mass is 32.1. The maximum absolute atomic E-state index is 4.79. The summed E-state index contributed by atoms with van der Waals surface area (Å²) in [7, 11) is 2.02. The van der Waals surface area contributed by atoms with Crippen LogP contribution in [0.3, 0.4) is 0 Å². The zero-order chi connectivity index (χ0) is 14.8. The highest BCUT2D eigenvalue weighted by Crippen LogP contribution is 2.30. The van der Waals surface area contributed by atoms with Crippen molar-refractivity contribution in [2.75, 3.05) is 6.54 Å². The van der Waals surface area contributed by atoms with Crippen molar-refractivity contribution >= 4 is 22.2 Å². The molecular formula is C17H21N3S. The van der Waals surface area contributed by atoms with Gasteiger partial charge in [0.1, 0.15) is 0 Å². The molecule has 3 nitrogen and oxygen atoms in total. The fourth-order valence-corrected chi connectivity index (χ4v) is 3.46. The van der Waals surface area contributed by atoms with Gasteiger partial charge in [-0.25, -0.2) is 0 Å². The van der Waals surface area contributed by atoms with Gasteiger partial charge in [0.15, 0.2) is 0 Å². The largest absolute Gasteiger partial charge is 0.305 e. The lowest BCUT2D eigenvalue weighted by atomic mass is 10.0. The summed E-state index contributed by atoms with van der Waals surface area (Å²) in [6.45, 7) is 5.34. The molecule has 1 unspecified atom stereocenters. The molecule has 0 radical (unpaired) electrons. The summed E-state index contributed by atoms with van der Waals surface area (Å²) in [5.74, 6) is 0. The number of fused-ring (bicyclic) bond motifs is 1. The molecule has 0 aliphatic carbocycles. The Balaban J connectivity index is 2.10. The first-order valence-corrected chi connectivity index (χ1v) is 8.28. The Kier molecular flexibility index (Phi) is 4.08. The van der Waals surface area contributed by atoms with E-state index in [2.05, 4.69) is 54.9 Å². The van der Waals surface area contributed by atoms with Crippen LogP contribution in [0.5, 0.6) is 0 Å². The van der Waals surface area contributed by atoms with Gasteiger partial charge in [-0.1, -0.05) is 25.1 Å². The lowest BCUT2D eigenvalue weighted by molar-refractivity contribution is 0.580. The summed E-state index contributed by atoms with van der Waals surface area (Å²) < 4.78 is 1.98. The van der Waals surface area contributed by atoms with Gasteiger partial charge in [0, 0.05) is 17.3 Å². The number of rotatable bonds is 5. The number of thiophene rings is 1. The molecule has 0 aliphatic heterocycles. The van der Waals surface area contributed by atoms with Gasteiger partial charge in [-0.2, -0.15) is 5.10 Å². The Labute approximate surface area is 129 Å². The van der Waals surface area contributed by atoms with E-state index in [0.717, 1.165) is 18.7 Å². The van der Waals surface area contributed by atoms with E-state index in [4.69, 9.17) is 5.10 Å². The van der Waals surface area contributed by atoms with Crippen molar-refractivity contribution in [3.63, 3.8) is 0 Å². The molecule has 1 aromatic carbocycles. The second-order valence-electron chi connectivity index (χ2n) is 5.40. The predicted octanol–water partition coefficient (Wildman–Crippen LogP) is 4.03. The molecule has 1 N–H and O–H groups in total. The Morgan fingerprint density at radius 3 is 2.86 bits per heavy atom. The molecule has 110 valence electrons. The van der Waals surface area contributed by atoms with Gasteiger partial charge in [-0.3, -0.25) is 4.68 Å². The molecule has 0 fully saturated rings. The number of para-hydroxylation sites is 1. The summed E-state index contributed by atoms with van der Waals surface area (Å²) in [4.78, 5) is 1.34. The van der Waals surface area contributed by atoms with Crippen molar-refractivity contribution in [3.8, 4) is 0 Å². The third-order valence-corrected chi connectivity index (χ3v) is 4.62. The predicted molar refractivity (Wildman–Crippen MR) is 89.9 cm³/mol. The molecule has 21 heavy (non-hydrogen) atoms. The Bertz CT molecular complexity index is 741. The maximum Gasteiger partial charge on any atom is 0.0918 e. The number of aromatic nitrogens is 2. The fourth-order valence-electron chi connectivity index (χ4n) is 2.73. The Morgan fingerprint density at radius 2 is 2.14 bits per heavy atom. The van der Waals surface area contributed by atoms with E-state index in [0.29, 0.717) is 0 Å². The smallest absolute Gasteiger partial charge is 0.0918 e. The summed E-state index contributed by atoms with van der Waals surface area (Å²) in [5.41, 5.74) is 3.62. The minimum Gasteiger partial charge on any atom is -0.305 e. The third kappa shape index (κ3) is 2.74. The van der Waals surface area contributed by atoms with Crippen LogP contribution in [0.1, 0.15) is 35.5 Å². The van der Waals surface area contributed by atoms with E-state index in [1.54, 1.807) is 11.3 Å². The van der Waals surface area contributed by atoms with Gasteiger partial charge in [-0.05, 0) is 43.0 Å². The van der Waals surface area contributed by atoms with Gasteiger partial charge in [-0.15, -0.1) is 11.3 Å². The quantitative estimate of drug-likeness (QED) is 0.771. The summed E-state index contributed by atoms with van der Waals surface area (Å²) >= 11 is 1.80. The summed E-state index contributed by atoms with van der Waals surface area (Å²) in [6, 6.07) is 10.9. The zero-order valence-electron chi connectivity index (χ0n) is 12.8. The standard InChI is InChI=1S/C17H21N3S/c1-4-9-18-16(13-10-12(2)21-11-13)17-14-7-5-6-8-15(14)20(3)19-17/h5-8,10-11,16,18H,4,9H2,1-3H3. The maximum atomic E-state index is 4.79. The van der Waals surface area contributed by atoms with Crippen LogP contribution in [0.25, 0.3) is 10.9 Å². The first-order chi connectivity index (χ1) is 10.2.